The average molecular weight is 430 g/mol. The Morgan fingerprint density at radius 1 is 0.968 bits per heavy atom. The normalized spacial score (nSPS) is 23.1. The highest BCUT2D eigenvalue weighted by Gasteiger charge is 2.35. The zero-order chi connectivity index (χ0) is 21.6. The van der Waals surface area contributed by atoms with E-state index in [2.05, 4.69) is 15.8 Å². The molecule has 0 radical (unpaired) electrons. The molecule has 0 bridgehead atoms. The standard InChI is InChI=1S/C24H25F3N2O2/c25-24(26,27)31-19-9-7-16(8-10-19)15-1-5-18(6-2-15)23(30)22-20(17-3-4-17)11-12-29-14-28-13-21(22)29/h7-15,17-18,23,30H,1-6H2/t15?,18?,23-/m1/s1. The molecule has 0 saturated heterocycles. The van der Waals surface area contributed by atoms with Crippen LogP contribution >= 0.6 is 0 Å². The first-order chi connectivity index (χ1) is 14.9. The third-order valence-corrected chi connectivity index (χ3v) is 6.78. The van der Waals surface area contributed by atoms with Crippen molar-refractivity contribution in [3.63, 3.8) is 0 Å². The molecule has 0 unspecified atom stereocenters. The molecule has 2 aromatic heterocycles. The molecule has 7 heteroatoms. The fourth-order valence-corrected chi connectivity index (χ4v) is 5.05. The summed E-state index contributed by atoms with van der Waals surface area (Å²) < 4.78 is 43.0. The molecule has 0 amide bonds. The molecule has 1 N–H and O–H groups in total. The highest BCUT2D eigenvalue weighted by molar-refractivity contribution is 5.59. The number of aliphatic hydroxyl groups excluding tert-OH is 1. The first-order valence-electron chi connectivity index (χ1n) is 10.9. The van der Waals surface area contributed by atoms with E-state index in [9.17, 15) is 18.3 Å². The summed E-state index contributed by atoms with van der Waals surface area (Å²) in [6.07, 6.45) is 6.34. The number of halogens is 3. The number of alkyl halides is 3. The monoisotopic (exact) mass is 430 g/mol. The molecule has 164 valence electrons. The van der Waals surface area contributed by atoms with Crippen LogP contribution in [-0.2, 0) is 0 Å². The molecule has 2 aliphatic carbocycles. The van der Waals surface area contributed by atoms with Gasteiger partial charge in [-0.05, 0) is 85.6 Å². The van der Waals surface area contributed by atoms with E-state index in [-0.39, 0.29) is 17.6 Å². The van der Waals surface area contributed by atoms with Gasteiger partial charge in [0, 0.05) is 11.8 Å². The third-order valence-electron chi connectivity index (χ3n) is 6.78. The van der Waals surface area contributed by atoms with Gasteiger partial charge in [0.2, 0.25) is 0 Å². The van der Waals surface area contributed by atoms with E-state index in [0.29, 0.717) is 5.92 Å². The number of ether oxygens (including phenoxy) is 1. The second-order valence-corrected chi connectivity index (χ2v) is 8.82. The third kappa shape index (κ3) is 4.28. The molecule has 31 heavy (non-hydrogen) atoms. The summed E-state index contributed by atoms with van der Waals surface area (Å²) in [5.74, 6) is 0.805. The number of imidazole rings is 1. The van der Waals surface area contributed by atoms with Crippen molar-refractivity contribution >= 4 is 5.52 Å². The van der Waals surface area contributed by atoms with Gasteiger partial charge in [-0.1, -0.05) is 12.1 Å². The SMILES string of the molecule is O[C@@H](c1c(C2CC2)ccn2cncc12)C1CCC(c2ccc(OC(F)(F)F)cc2)CC1. The van der Waals surface area contributed by atoms with Crippen molar-refractivity contribution in [3.05, 3.63) is 65.7 Å². The number of benzene rings is 1. The number of nitrogens with zero attached hydrogens (tertiary/aromatic N) is 2. The molecule has 3 aromatic rings. The maximum Gasteiger partial charge on any atom is 0.573 e. The van der Waals surface area contributed by atoms with Gasteiger partial charge < -0.3 is 14.2 Å². The lowest BCUT2D eigenvalue weighted by atomic mass is 9.75. The lowest BCUT2D eigenvalue weighted by molar-refractivity contribution is -0.274. The molecule has 0 aliphatic heterocycles. The zero-order valence-electron chi connectivity index (χ0n) is 17.1. The van der Waals surface area contributed by atoms with E-state index in [4.69, 9.17) is 0 Å². The molecule has 0 spiro atoms. The van der Waals surface area contributed by atoms with E-state index in [0.717, 1.165) is 42.3 Å². The lowest BCUT2D eigenvalue weighted by Crippen LogP contribution is -2.21. The first kappa shape index (κ1) is 20.4. The van der Waals surface area contributed by atoms with Gasteiger partial charge in [-0.25, -0.2) is 4.98 Å². The smallest absolute Gasteiger partial charge is 0.406 e. The van der Waals surface area contributed by atoms with Crippen LogP contribution in [0.3, 0.4) is 0 Å². The van der Waals surface area contributed by atoms with E-state index in [1.165, 1.54) is 30.5 Å². The van der Waals surface area contributed by atoms with E-state index < -0.39 is 12.5 Å². The molecule has 1 atom stereocenters. The van der Waals surface area contributed by atoms with Crippen LogP contribution < -0.4 is 4.74 Å². The quantitative estimate of drug-likeness (QED) is 0.531. The fourth-order valence-electron chi connectivity index (χ4n) is 5.05. The van der Waals surface area contributed by atoms with Crippen molar-refractivity contribution in [3.8, 4) is 5.75 Å². The molecule has 2 aliphatic rings. The summed E-state index contributed by atoms with van der Waals surface area (Å²) in [5.41, 5.74) is 4.29. The van der Waals surface area contributed by atoms with Crippen molar-refractivity contribution < 1.29 is 23.0 Å². The predicted octanol–water partition coefficient (Wildman–Crippen LogP) is 6.12. The minimum atomic E-state index is -4.67. The number of rotatable bonds is 5. The maximum absolute atomic E-state index is 12.4. The van der Waals surface area contributed by atoms with Crippen LogP contribution in [-0.4, -0.2) is 20.9 Å². The number of aromatic nitrogens is 2. The van der Waals surface area contributed by atoms with E-state index in [1.807, 2.05) is 16.8 Å². The van der Waals surface area contributed by atoms with Crippen molar-refractivity contribution in [2.24, 2.45) is 5.92 Å². The summed E-state index contributed by atoms with van der Waals surface area (Å²) in [6, 6.07) is 8.33. The van der Waals surface area contributed by atoms with Crippen LogP contribution in [0.1, 0.15) is 73.2 Å². The molecular weight excluding hydrogens is 405 g/mol. The fraction of sp³-hybridized carbons (Fsp3) is 0.458. The Balaban J connectivity index is 1.28. The predicted molar refractivity (Wildman–Crippen MR) is 110 cm³/mol. The molecule has 4 nitrogen and oxygen atoms in total. The number of hydrogen-bond acceptors (Lipinski definition) is 3. The van der Waals surface area contributed by atoms with Crippen molar-refractivity contribution in [1.29, 1.82) is 0 Å². The Morgan fingerprint density at radius 2 is 1.65 bits per heavy atom. The number of aliphatic hydroxyl groups is 1. The van der Waals surface area contributed by atoms with E-state index in [1.54, 1.807) is 18.5 Å². The van der Waals surface area contributed by atoms with Crippen molar-refractivity contribution in [2.75, 3.05) is 0 Å². The summed E-state index contributed by atoms with van der Waals surface area (Å²) >= 11 is 0. The largest absolute Gasteiger partial charge is 0.573 e. The van der Waals surface area contributed by atoms with Gasteiger partial charge in [-0.2, -0.15) is 0 Å². The Morgan fingerprint density at radius 3 is 2.29 bits per heavy atom. The van der Waals surface area contributed by atoms with Crippen molar-refractivity contribution in [1.82, 2.24) is 9.38 Å². The molecule has 2 heterocycles. The van der Waals surface area contributed by atoms with Crippen LogP contribution in [0.2, 0.25) is 0 Å². The number of fused-ring (bicyclic) bond motifs is 1. The molecule has 5 rings (SSSR count). The summed E-state index contributed by atoms with van der Waals surface area (Å²) in [7, 11) is 0. The maximum atomic E-state index is 12.4. The lowest BCUT2D eigenvalue weighted by Gasteiger charge is -2.33. The van der Waals surface area contributed by atoms with E-state index >= 15 is 0 Å². The van der Waals surface area contributed by atoms with Crippen LogP contribution in [0.4, 0.5) is 13.2 Å². The summed E-state index contributed by atoms with van der Waals surface area (Å²) in [4.78, 5) is 4.26. The Kier molecular flexibility index (Phi) is 5.16. The molecule has 2 fully saturated rings. The van der Waals surface area contributed by atoms with Crippen LogP contribution in [0.15, 0.2) is 49.1 Å². The zero-order valence-corrected chi connectivity index (χ0v) is 17.1. The van der Waals surface area contributed by atoms with Gasteiger partial charge in [0.15, 0.2) is 0 Å². The topological polar surface area (TPSA) is 46.8 Å². The highest BCUT2D eigenvalue weighted by atomic mass is 19.4. The number of pyridine rings is 1. The van der Waals surface area contributed by atoms with Crippen LogP contribution in [0.5, 0.6) is 5.75 Å². The Hall–Kier alpha value is -2.54. The average Bonchev–Trinajstić information content (AvgIpc) is 3.48. The van der Waals surface area contributed by atoms with Crippen molar-refractivity contribution in [2.45, 2.75) is 62.8 Å². The highest BCUT2D eigenvalue weighted by Crippen LogP contribution is 2.48. The molecule has 1 aromatic carbocycles. The van der Waals surface area contributed by atoms with Gasteiger partial charge >= 0.3 is 6.36 Å². The second-order valence-electron chi connectivity index (χ2n) is 8.82. The van der Waals surface area contributed by atoms with Gasteiger partial charge in [0.1, 0.15) is 5.75 Å². The van der Waals surface area contributed by atoms with Gasteiger partial charge in [0.25, 0.3) is 0 Å². The Labute approximate surface area is 178 Å². The minimum Gasteiger partial charge on any atom is -0.406 e. The van der Waals surface area contributed by atoms with Gasteiger partial charge in [0.05, 0.1) is 24.1 Å². The van der Waals surface area contributed by atoms with Crippen LogP contribution in [0.25, 0.3) is 5.52 Å². The molecule has 2 saturated carbocycles. The molecular formula is C24H25F3N2O2. The second kappa shape index (κ2) is 7.86. The summed E-state index contributed by atoms with van der Waals surface area (Å²) in [5, 5.41) is 11.4. The van der Waals surface area contributed by atoms with Crippen LogP contribution in [0, 0.1) is 5.92 Å². The number of hydrogen-bond donors (Lipinski definition) is 1. The minimum absolute atomic E-state index is 0.169. The van der Waals surface area contributed by atoms with Gasteiger partial charge in [-0.15, -0.1) is 13.2 Å². The first-order valence-corrected chi connectivity index (χ1v) is 10.9. The summed E-state index contributed by atoms with van der Waals surface area (Å²) in [6.45, 7) is 0. The Bertz CT molecular complexity index is 1050. The van der Waals surface area contributed by atoms with Gasteiger partial charge in [-0.3, -0.25) is 0 Å².